The molecule has 2 aromatic carbocycles. The maximum absolute atomic E-state index is 12.2. The van der Waals surface area contributed by atoms with E-state index in [2.05, 4.69) is 6.92 Å². The van der Waals surface area contributed by atoms with Gasteiger partial charge in [0, 0.05) is 6.42 Å². The van der Waals surface area contributed by atoms with Crippen LogP contribution in [0, 0.1) is 0 Å². The Morgan fingerprint density at radius 3 is 1.59 bits per heavy atom. The summed E-state index contributed by atoms with van der Waals surface area (Å²) < 4.78 is 10.9. The molecule has 0 amide bonds. The van der Waals surface area contributed by atoms with Crippen LogP contribution in [0.15, 0.2) is 48.5 Å². The number of esters is 2. The van der Waals surface area contributed by atoms with Crippen LogP contribution in [-0.4, -0.2) is 18.0 Å². The average molecular weight is 509 g/mol. The molecule has 2 rings (SSSR count). The normalized spacial score (nSPS) is 11.8. The Morgan fingerprint density at radius 1 is 0.649 bits per heavy atom. The summed E-state index contributed by atoms with van der Waals surface area (Å²) in [6, 6.07) is 14.9. The van der Waals surface area contributed by atoms with Crippen LogP contribution in [0.4, 0.5) is 0 Å². The van der Waals surface area contributed by atoms with Crippen LogP contribution in [0.3, 0.4) is 0 Å². The molecule has 1 atom stereocenters. The monoisotopic (exact) mass is 508 g/mol. The van der Waals surface area contributed by atoms with Crippen molar-refractivity contribution in [2.75, 3.05) is 0 Å². The van der Waals surface area contributed by atoms with E-state index in [-0.39, 0.29) is 18.0 Å². The molecule has 37 heavy (non-hydrogen) atoms. The second-order valence-corrected chi connectivity index (χ2v) is 10.2. The molecule has 4 heteroatoms. The van der Waals surface area contributed by atoms with E-state index in [0.29, 0.717) is 17.7 Å². The van der Waals surface area contributed by atoms with E-state index in [9.17, 15) is 9.59 Å². The molecule has 2 aromatic rings. The van der Waals surface area contributed by atoms with Crippen molar-refractivity contribution in [3.05, 3.63) is 54.1 Å². The average Bonchev–Trinajstić information content (AvgIpc) is 2.91. The highest BCUT2D eigenvalue weighted by Crippen LogP contribution is 2.24. The molecule has 0 aliphatic rings. The number of carbonyl (C=O) groups excluding carboxylic acids is 2. The Morgan fingerprint density at radius 2 is 1.11 bits per heavy atom. The van der Waals surface area contributed by atoms with Gasteiger partial charge >= 0.3 is 11.9 Å². The van der Waals surface area contributed by atoms with Crippen LogP contribution in [0.1, 0.15) is 127 Å². The third kappa shape index (κ3) is 13.0. The summed E-state index contributed by atoms with van der Waals surface area (Å²) in [6.45, 7) is 6.14. The Hall–Kier alpha value is -2.62. The Balaban J connectivity index is 1.59. The molecule has 204 valence electrons. The minimum atomic E-state index is -0.299. The van der Waals surface area contributed by atoms with Crippen molar-refractivity contribution in [1.82, 2.24) is 0 Å². The number of unbranched alkanes of at least 4 members (excludes halogenated alkanes) is 12. The standard InChI is InChI=1S/C33H48O4/c1-4-6-7-8-9-10-11-12-13-14-15-16-17-18-32(34)37-31-25-23-29(24-26-31)28-19-21-30(22-20-28)33(35)36-27(3)5-2/h19-27H,4-18H2,1-3H3. The first-order valence-electron chi connectivity index (χ1n) is 14.7. The summed E-state index contributed by atoms with van der Waals surface area (Å²) in [7, 11) is 0. The lowest BCUT2D eigenvalue weighted by Gasteiger charge is -2.11. The maximum atomic E-state index is 12.2. The van der Waals surface area contributed by atoms with E-state index in [1.807, 2.05) is 50.2 Å². The fourth-order valence-electron chi connectivity index (χ4n) is 4.32. The Labute approximate surface area is 225 Å². The van der Waals surface area contributed by atoms with Gasteiger partial charge in [-0.3, -0.25) is 4.79 Å². The fraction of sp³-hybridized carbons (Fsp3) is 0.576. The predicted molar refractivity (Wildman–Crippen MR) is 153 cm³/mol. The molecule has 4 nitrogen and oxygen atoms in total. The zero-order valence-corrected chi connectivity index (χ0v) is 23.4. The fourth-order valence-corrected chi connectivity index (χ4v) is 4.32. The minimum absolute atomic E-state index is 0.0908. The molecular formula is C33H48O4. The van der Waals surface area contributed by atoms with Crippen LogP contribution in [0.2, 0.25) is 0 Å². The molecule has 0 saturated carbocycles. The second kappa shape index (κ2) is 18.6. The number of rotatable bonds is 19. The largest absolute Gasteiger partial charge is 0.459 e. The van der Waals surface area contributed by atoms with E-state index in [4.69, 9.17) is 9.47 Å². The van der Waals surface area contributed by atoms with Crippen molar-refractivity contribution in [3.63, 3.8) is 0 Å². The smallest absolute Gasteiger partial charge is 0.338 e. The lowest BCUT2D eigenvalue weighted by atomic mass is 10.0. The second-order valence-electron chi connectivity index (χ2n) is 10.2. The zero-order valence-electron chi connectivity index (χ0n) is 23.4. The molecular weight excluding hydrogens is 460 g/mol. The van der Waals surface area contributed by atoms with Gasteiger partial charge in [0.1, 0.15) is 5.75 Å². The van der Waals surface area contributed by atoms with Crippen molar-refractivity contribution < 1.29 is 19.1 Å². The summed E-state index contributed by atoms with van der Waals surface area (Å²) in [5.74, 6) is 0.101. The highest BCUT2D eigenvalue weighted by atomic mass is 16.5. The molecule has 0 radical (unpaired) electrons. The first-order valence-corrected chi connectivity index (χ1v) is 14.7. The van der Waals surface area contributed by atoms with Gasteiger partial charge in [0.25, 0.3) is 0 Å². The molecule has 0 spiro atoms. The molecule has 0 N–H and O–H groups in total. The van der Waals surface area contributed by atoms with E-state index in [1.165, 1.54) is 70.6 Å². The van der Waals surface area contributed by atoms with Crippen LogP contribution < -0.4 is 4.74 Å². The van der Waals surface area contributed by atoms with Gasteiger partial charge in [-0.15, -0.1) is 0 Å². The van der Waals surface area contributed by atoms with Gasteiger partial charge in [0.15, 0.2) is 0 Å². The first-order chi connectivity index (χ1) is 18.0. The molecule has 0 heterocycles. The molecule has 0 bridgehead atoms. The minimum Gasteiger partial charge on any atom is -0.459 e. The molecule has 0 aromatic heterocycles. The van der Waals surface area contributed by atoms with Crippen LogP contribution in [-0.2, 0) is 9.53 Å². The van der Waals surface area contributed by atoms with Gasteiger partial charge in [0.05, 0.1) is 11.7 Å². The third-order valence-corrected chi connectivity index (χ3v) is 6.91. The van der Waals surface area contributed by atoms with E-state index < -0.39 is 0 Å². The number of hydrogen-bond donors (Lipinski definition) is 0. The quantitative estimate of drug-likeness (QED) is 0.108. The van der Waals surface area contributed by atoms with Crippen LogP contribution in [0.25, 0.3) is 11.1 Å². The van der Waals surface area contributed by atoms with Crippen molar-refractivity contribution in [3.8, 4) is 16.9 Å². The lowest BCUT2D eigenvalue weighted by Crippen LogP contribution is -2.13. The van der Waals surface area contributed by atoms with Gasteiger partial charge in [-0.25, -0.2) is 4.79 Å². The highest BCUT2D eigenvalue weighted by molar-refractivity contribution is 5.90. The number of benzene rings is 2. The molecule has 0 saturated heterocycles. The molecule has 0 aliphatic heterocycles. The predicted octanol–water partition coefficient (Wildman–Crippen LogP) is 9.70. The van der Waals surface area contributed by atoms with Gasteiger partial charge in [-0.05, 0) is 55.2 Å². The van der Waals surface area contributed by atoms with Crippen molar-refractivity contribution in [1.29, 1.82) is 0 Å². The summed E-state index contributed by atoms with van der Waals surface area (Å²) in [4.78, 5) is 24.4. The highest BCUT2D eigenvalue weighted by Gasteiger charge is 2.11. The lowest BCUT2D eigenvalue weighted by molar-refractivity contribution is -0.134. The third-order valence-electron chi connectivity index (χ3n) is 6.91. The van der Waals surface area contributed by atoms with E-state index in [1.54, 1.807) is 12.1 Å². The van der Waals surface area contributed by atoms with E-state index >= 15 is 0 Å². The first kappa shape index (κ1) is 30.6. The van der Waals surface area contributed by atoms with Crippen molar-refractivity contribution in [2.24, 2.45) is 0 Å². The molecule has 0 aliphatic carbocycles. The molecule has 1 unspecified atom stereocenters. The topological polar surface area (TPSA) is 52.6 Å². The van der Waals surface area contributed by atoms with Crippen LogP contribution in [0.5, 0.6) is 5.75 Å². The van der Waals surface area contributed by atoms with Gasteiger partial charge in [-0.1, -0.05) is 115 Å². The Bertz CT molecular complexity index is 886. The summed E-state index contributed by atoms with van der Waals surface area (Å²) in [5, 5.41) is 0. The SMILES string of the molecule is CCCCCCCCCCCCCCCC(=O)Oc1ccc(-c2ccc(C(=O)OC(C)CC)cc2)cc1. The Kier molecular flexibility index (Phi) is 15.4. The maximum Gasteiger partial charge on any atom is 0.338 e. The molecule has 0 fully saturated rings. The summed E-state index contributed by atoms with van der Waals surface area (Å²) >= 11 is 0. The van der Waals surface area contributed by atoms with Gasteiger partial charge < -0.3 is 9.47 Å². The number of hydrogen-bond acceptors (Lipinski definition) is 4. The summed E-state index contributed by atoms with van der Waals surface area (Å²) in [5.41, 5.74) is 2.53. The summed E-state index contributed by atoms with van der Waals surface area (Å²) in [6.07, 6.45) is 17.9. The number of carbonyl (C=O) groups is 2. The number of ether oxygens (including phenoxy) is 2. The van der Waals surface area contributed by atoms with Gasteiger partial charge in [0.2, 0.25) is 0 Å². The van der Waals surface area contributed by atoms with Crippen molar-refractivity contribution in [2.45, 2.75) is 123 Å². The van der Waals surface area contributed by atoms with Gasteiger partial charge in [-0.2, -0.15) is 0 Å². The van der Waals surface area contributed by atoms with Crippen LogP contribution >= 0.6 is 0 Å². The van der Waals surface area contributed by atoms with E-state index in [0.717, 1.165) is 30.4 Å². The van der Waals surface area contributed by atoms with Crippen molar-refractivity contribution >= 4 is 11.9 Å². The zero-order chi connectivity index (χ0) is 26.7.